The molecule has 0 saturated heterocycles. The fraction of sp³-hybridized carbons (Fsp3) is 0.818. The van der Waals surface area contributed by atoms with E-state index >= 15 is 0 Å². The predicted molar refractivity (Wildman–Crippen MR) is 62.9 cm³/mol. The van der Waals surface area contributed by atoms with Crippen molar-refractivity contribution in [3.63, 3.8) is 0 Å². The maximum atomic E-state index is 9.59. The van der Waals surface area contributed by atoms with Crippen LogP contribution < -0.4 is 5.32 Å². The van der Waals surface area contributed by atoms with Gasteiger partial charge in [-0.3, -0.25) is 4.68 Å². The molecule has 92 valence electrons. The smallest absolute Gasteiger partial charge is 0.0964 e. The molecule has 0 saturated carbocycles. The molecule has 5 heteroatoms. The molecule has 0 unspecified atom stereocenters. The van der Waals surface area contributed by atoms with Gasteiger partial charge in [-0.2, -0.15) is 0 Å². The standard InChI is InChI=1S/C11H22N4O/c1-9(2)12-7-10-8-15(14-13-10)6-5-11(3,4)16/h8-9,12,16H,5-7H2,1-4H3. The van der Waals surface area contributed by atoms with Gasteiger partial charge in [-0.1, -0.05) is 19.1 Å². The summed E-state index contributed by atoms with van der Waals surface area (Å²) in [5.41, 5.74) is 0.284. The Morgan fingerprint density at radius 1 is 1.50 bits per heavy atom. The first kappa shape index (κ1) is 13.1. The third kappa shape index (κ3) is 5.23. The van der Waals surface area contributed by atoms with Gasteiger partial charge >= 0.3 is 0 Å². The lowest BCUT2D eigenvalue weighted by atomic mass is 10.1. The highest BCUT2D eigenvalue weighted by molar-refractivity contribution is 4.91. The van der Waals surface area contributed by atoms with Crippen molar-refractivity contribution in [3.8, 4) is 0 Å². The molecule has 16 heavy (non-hydrogen) atoms. The van der Waals surface area contributed by atoms with Crippen LogP contribution in [0.2, 0.25) is 0 Å². The van der Waals surface area contributed by atoms with Gasteiger partial charge in [0.25, 0.3) is 0 Å². The van der Waals surface area contributed by atoms with E-state index in [0.29, 0.717) is 19.0 Å². The summed E-state index contributed by atoms with van der Waals surface area (Å²) in [5, 5.41) is 20.9. The maximum absolute atomic E-state index is 9.59. The topological polar surface area (TPSA) is 63.0 Å². The van der Waals surface area contributed by atoms with E-state index in [1.807, 2.05) is 6.20 Å². The lowest BCUT2D eigenvalue weighted by molar-refractivity contribution is 0.0649. The Labute approximate surface area is 96.9 Å². The number of rotatable bonds is 6. The number of aromatic nitrogens is 3. The number of nitrogens with zero attached hydrogens (tertiary/aromatic N) is 3. The van der Waals surface area contributed by atoms with Crippen molar-refractivity contribution < 1.29 is 5.11 Å². The summed E-state index contributed by atoms with van der Waals surface area (Å²) in [7, 11) is 0. The van der Waals surface area contributed by atoms with E-state index in [-0.39, 0.29) is 0 Å². The van der Waals surface area contributed by atoms with Crippen LogP contribution in [0.5, 0.6) is 0 Å². The van der Waals surface area contributed by atoms with E-state index < -0.39 is 5.60 Å². The third-order valence-corrected chi connectivity index (χ3v) is 2.23. The summed E-state index contributed by atoms with van der Waals surface area (Å²) < 4.78 is 1.77. The highest BCUT2D eigenvalue weighted by Crippen LogP contribution is 2.08. The maximum Gasteiger partial charge on any atom is 0.0964 e. The summed E-state index contributed by atoms with van der Waals surface area (Å²) in [6.07, 6.45) is 2.59. The van der Waals surface area contributed by atoms with Crippen molar-refractivity contribution in [3.05, 3.63) is 11.9 Å². The molecule has 2 N–H and O–H groups in total. The molecule has 0 radical (unpaired) electrons. The van der Waals surface area contributed by atoms with Gasteiger partial charge < -0.3 is 10.4 Å². The molecular weight excluding hydrogens is 204 g/mol. The molecule has 0 spiro atoms. The molecule has 1 aromatic rings. The summed E-state index contributed by atoms with van der Waals surface area (Å²) >= 11 is 0. The molecule has 1 aromatic heterocycles. The fourth-order valence-electron chi connectivity index (χ4n) is 1.23. The zero-order valence-electron chi connectivity index (χ0n) is 10.6. The van der Waals surface area contributed by atoms with Gasteiger partial charge in [-0.05, 0) is 20.3 Å². The second-order valence-corrected chi connectivity index (χ2v) is 5.07. The van der Waals surface area contributed by atoms with E-state index in [9.17, 15) is 5.11 Å². The Balaban J connectivity index is 2.39. The van der Waals surface area contributed by atoms with Crippen molar-refractivity contribution in [2.45, 2.75) is 58.8 Å². The van der Waals surface area contributed by atoms with Crippen molar-refractivity contribution in [2.24, 2.45) is 0 Å². The lowest BCUT2D eigenvalue weighted by Crippen LogP contribution is -2.22. The van der Waals surface area contributed by atoms with E-state index in [0.717, 1.165) is 12.2 Å². The minimum absolute atomic E-state index is 0.446. The van der Waals surface area contributed by atoms with Gasteiger partial charge in [0.1, 0.15) is 0 Å². The Bertz CT molecular complexity index is 314. The van der Waals surface area contributed by atoms with E-state index in [2.05, 4.69) is 29.5 Å². The summed E-state index contributed by atoms with van der Waals surface area (Å²) in [6, 6.07) is 0.446. The second kappa shape index (κ2) is 5.41. The molecule has 1 heterocycles. The lowest BCUT2D eigenvalue weighted by Gasteiger charge is -2.15. The number of hydrogen-bond donors (Lipinski definition) is 2. The van der Waals surface area contributed by atoms with Gasteiger partial charge in [-0.15, -0.1) is 5.10 Å². The Morgan fingerprint density at radius 2 is 2.19 bits per heavy atom. The zero-order chi connectivity index (χ0) is 12.2. The van der Waals surface area contributed by atoms with Crippen LogP contribution in [0.3, 0.4) is 0 Å². The van der Waals surface area contributed by atoms with Gasteiger partial charge in [0.05, 0.1) is 11.3 Å². The van der Waals surface area contributed by atoms with Crippen LogP contribution in [0.1, 0.15) is 39.8 Å². The average Bonchev–Trinajstić information content (AvgIpc) is 2.58. The number of aryl methyl sites for hydroxylation is 1. The van der Waals surface area contributed by atoms with E-state index in [1.54, 1.807) is 18.5 Å². The molecule has 0 bridgehead atoms. The molecule has 0 atom stereocenters. The Kier molecular flexibility index (Phi) is 4.44. The third-order valence-electron chi connectivity index (χ3n) is 2.23. The number of nitrogens with one attached hydrogen (secondary N) is 1. The summed E-state index contributed by atoms with van der Waals surface area (Å²) in [5.74, 6) is 0. The summed E-state index contributed by atoms with van der Waals surface area (Å²) in [6.45, 7) is 9.21. The van der Waals surface area contributed by atoms with Crippen molar-refractivity contribution in [2.75, 3.05) is 0 Å². The van der Waals surface area contributed by atoms with Crippen LogP contribution in [0.4, 0.5) is 0 Å². The molecule has 0 amide bonds. The van der Waals surface area contributed by atoms with E-state index in [1.165, 1.54) is 0 Å². The van der Waals surface area contributed by atoms with Crippen molar-refractivity contribution in [1.82, 2.24) is 20.3 Å². The first-order valence-electron chi connectivity index (χ1n) is 5.71. The molecule has 1 rings (SSSR count). The fourth-order valence-corrected chi connectivity index (χ4v) is 1.23. The SMILES string of the molecule is CC(C)NCc1cn(CCC(C)(C)O)nn1. The first-order valence-corrected chi connectivity index (χ1v) is 5.71. The molecule has 0 aliphatic carbocycles. The number of hydrogen-bond acceptors (Lipinski definition) is 4. The van der Waals surface area contributed by atoms with Crippen LogP contribution >= 0.6 is 0 Å². The minimum Gasteiger partial charge on any atom is -0.390 e. The quantitative estimate of drug-likeness (QED) is 0.757. The zero-order valence-corrected chi connectivity index (χ0v) is 10.6. The molecular formula is C11H22N4O. The first-order chi connectivity index (χ1) is 7.37. The largest absolute Gasteiger partial charge is 0.390 e. The van der Waals surface area contributed by atoms with Crippen LogP contribution in [0.25, 0.3) is 0 Å². The molecule has 5 nitrogen and oxygen atoms in total. The van der Waals surface area contributed by atoms with Gasteiger partial charge in [0, 0.05) is 25.3 Å². The van der Waals surface area contributed by atoms with E-state index in [4.69, 9.17) is 0 Å². The Hall–Kier alpha value is -0.940. The van der Waals surface area contributed by atoms with Crippen LogP contribution in [0, 0.1) is 0 Å². The van der Waals surface area contributed by atoms with Crippen LogP contribution in [0.15, 0.2) is 6.20 Å². The summed E-state index contributed by atoms with van der Waals surface area (Å²) in [4.78, 5) is 0. The highest BCUT2D eigenvalue weighted by atomic mass is 16.3. The van der Waals surface area contributed by atoms with Gasteiger partial charge in [0.2, 0.25) is 0 Å². The highest BCUT2D eigenvalue weighted by Gasteiger charge is 2.12. The minimum atomic E-state index is -0.651. The van der Waals surface area contributed by atoms with Gasteiger partial charge in [-0.25, -0.2) is 0 Å². The predicted octanol–water partition coefficient (Wildman–Crippen LogP) is 0.937. The van der Waals surface area contributed by atoms with Crippen LogP contribution in [-0.4, -0.2) is 31.7 Å². The average molecular weight is 226 g/mol. The monoisotopic (exact) mass is 226 g/mol. The van der Waals surface area contributed by atoms with Crippen molar-refractivity contribution in [1.29, 1.82) is 0 Å². The number of aliphatic hydroxyl groups is 1. The van der Waals surface area contributed by atoms with Crippen molar-refractivity contribution >= 4 is 0 Å². The second-order valence-electron chi connectivity index (χ2n) is 5.07. The Morgan fingerprint density at radius 3 is 2.75 bits per heavy atom. The molecule has 0 fully saturated rings. The van der Waals surface area contributed by atoms with Gasteiger partial charge in [0.15, 0.2) is 0 Å². The van der Waals surface area contributed by atoms with Crippen LogP contribution in [-0.2, 0) is 13.1 Å². The molecule has 0 aliphatic heterocycles. The molecule has 0 aromatic carbocycles. The molecule has 0 aliphatic rings. The normalized spacial score (nSPS) is 12.4.